The third-order valence-electron chi connectivity index (χ3n) is 3.12. The molecule has 0 spiro atoms. The molecule has 1 aromatic rings. The van der Waals surface area contributed by atoms with Gasteiger partial charge in [0.2, 0.25) is 0 Å². The molecule has 1 fully saturated rings. The van der Waals surface area contributed by atoms with E-state index >= 15 is 0 Å². The second-order valence-corrected chi connectivity index (χ2v) is 5.24. The molecule has 1 amide bonds. The van der Waals surface area contributed by atoms with Crippen LogP contribution in [0.4, 0.5) is 0 Å². The third-order valence-corrected chi connectivity index (χ3v) is 3.81. The zero-order chi connectivity index (χ0) is 12.1. The Hall–Kier alpha value is -0.870. The summed E-state index contributed by atoms with van der Waals surface area (Å²) in [5.74, 6) is 0.720. The largest absolute Gasteiger partial charge is 0.352 e. The second-order valence-electron chi connectivity index (χ2n) is 4.38. The van der Waals surface area contributed by atoms with Crippen LogP contribution in [0, 0.1) is 5.92 Å². The van der Waals surface area contributed by atoms with Gasteiger partial charge in [-0.05, 0) is 59.9 Å². The van der Waals surface area contributed by atoms with Crippen molar-refractivity contribution in [2.45, 2.75) is 12.8 Å². The quantitative estimate of drug-likeness (QED) is 0.894. The minimum Gasteiger partial charge on any atom is -0.352 e. The van der Waals surface area contributed by atoms with E-state index in [-0.39, 0.29) is 5.91 Å². The van der Waals surface area contributed by atoms with Gasteiger partial charge in [0, 0.05) is 11.0 Å². The van der Waals surface area contributed by atoms with Gasteiger partial charge >= 0.3 is 0 Å². The van der Waals surface area contributed by atoms with Gasteiger partial charge in [0.1, 0.15) is 0 Å². The van der Waals surface area contributed by atoms with Crippen molar-refractivity contribution in [2.75, 3.05) is 19.6 Å². The summed E-state index contributed by atoms with van der Waals surface area (Å²) < 4.78 is 0.847. The molecule has 2 rings (SSSR count). The zero-order valence-electron chi connectivity index (χ0n) is 9.71. The number of hydrogen-bond acceptors (Lipinski definition) is 2. The highest BCUT2D eigenvalue weighted by Crippen LogP contribution is 2.16. The summed E-state index contributed by atoms with van der Waals surface area (Å²) in [6, 6.07) is 7.50. The van der Waals surface area contributed by atoms with Crippen LogP contribution in [-0.4, -0.2) is 25.5 Å². The predicted molar refractivity (Wildman–Crippen MR) is 72.1 cm³/mol. The van der Waals surface area contributed by atoms with Crippen molar-refractivity contribution in [3.8, 4) is 0 Å². The van der Waals surface area contributed by atoms with E-state index in [4.69, 9.17) is 0 Å². The molecule has 4 heteroatoms. The topological polar surface area (TPSA) is 41.1 Å². The van der Waals surface area contributed by atoms with E-state index in [0.29, 0.717) is 5.56 Å². The Kier molecular flexibility index (Phi) is 4.57. The first-order valence-electron chi connectivity index (χ1n) is 6.01. The fourth-order valence-electron chi connectivity index (χ4n) is 2.09. The van der Waals surface area contributed by atoms with Crippen LogP contribution >= 0.6 is 15.9 Å². The van der Waals surface area contributed by atoms with E-state index in [1.54, 1.807) is 0 Å². The lowest BCUT2D eigenvalue weighted by molar-refractivity contribution is 0.0951. The van der Waals surface area contributed by atoms with Crippen LogP contribution in [0.25, 0.3) is 0 Å². The SMILES string of the molecule is O=C(NCCC1CCNC1)c1ccccc1Br. The molecule has 3 nitrogen and oxygen atoms in total. The molecule has 92 valence electrons. The minimum absolute atomic E-state index is 0.00318. The van der Waals surface area contributed by atoms with Crippen molar-refractivity contribution in [1.29, 1.82) is 0 Å². The van der Waals surface area contributed by atoms with Gasteiger partial charge in [-0.25, -0.2) is 0 Å². The van der Waals surface area contributed by atoms with Crippen LogP contribution in [-0.2, 0) is 0 Å². The van der Waals surface area contributed by atoms with Crippen molar-refractivity contribution in [2.24, 2.45) is 5.92 Å². The molecule has 0 saturated carbocycles. The van der Waals surface area contributed by atoms with Crippen LogP contribution in [0.15, 0.2) is 28.7 Å². The van der Waals surface area contributed by atoms with Crippen LogP contribution in [0.2, 0.25) is 0 Å². The number of halogens is 1. The second kappa shape index (κ2) is 6.17. The Morgan fingerprint density at radius 2 is 2.29 bits per heavy atom. The lowest BCUT2D eigenvalue weighted by Crippen LogP contribution is -2.26. The van der Waals surface area contributed by atoms with E-state index < -0.39 is 0 Å². The smallest absolute Gasteiger partial charge is 0.252 e. The molecule has 1 atom stereocenters. The molecule has 1 unspecified atom stereocenters. The molecule has 1 heterocycles. The van der Waals surface area contributed by atoms with Crippen molar-refractivity contribution in [3.05, 3.63) is 34.3 Å². The number of rotatable bonds is 4. The molecule has 1 aliphatic rings. The first kappa shape index (κ1) is 12.6. The van der Waals surface area contributed by atoms with E-state index in [1.165, 1.54) is 6.42 Å². The van der Waals surface area contributed by atoms with Gasteiger partial charge < -0.3 is 10.6 Å². The molecule has 1 aromatic carbocycles. The zero-order valence-corrected chi connectivity index (χ0v) is 11.3. The van der Waals surface area contributed by atoms with E-state index in [0.717, 1.165) is 36.4 Å². The fraction of sp³-hybridized carbons (Fsp3) is 0.462. The Morgan fingerprint density at radius 1 is 1.47 bits per heavy atom. The van der Waals surface area contributed by atoms with Crippen molar-refractivity contribution >= 4 is 21.8 Å². The van der Waals surface area contributed by atoms with Gasteiger partial charge in [-0.3, -0.25) is 4.79 Å². The maximum atomic E-state index is 11.9. The van der Waals surface area contributed by atoms with E-state index in [1.807, 2.05) is 24.3 Å². The Balaban J connectivity index is 1.79. The third kappa shape index (κ3) is 3.54. The number of amides is 1. The van der Waals surface area contributed by atoms with Gasteiger partial charge in [-0.15, -0.1) is 0 Å². The molecule has 0 bridgehead atoms. The molecule has 17 heavy (non-hydrogen) atoms. The van der Waals surface area contributed by atoms with Crippen LogP contribution in [0.5, 0.6) is 0 Å². The summed E-state index contributed by atoms with van der Waals surface area (Å²) in [6.45, 7) is 2.96. The number of carbonyl (C=O) groups excluding carboxylic acids is 1. The number of benzene rings is 1. The first-order chi connectivity index (χ1) is 8.27. The maximum Gasteiger partial charge on any atom is 0.252 e. The van der Waals surface area contributed by atoms with E-state index in [9.17, 15) is 4.79 Å². The highest BCUT2D eigenvalue weighted by molar-refractivity contribution is 9.10. The van der Waals surface area contributed by atoms with Gasteiger partial charge in [0.25, 0.3) is 5.91 Å². The molecule has 1 aliphatic heterocycles. The minimum atomic E-state index is 0.00318. The predicted octanol–water partition coefficient (Wildman–Crippen LogP) is 2.18. The molecular weight excluding hydrogens is 280 g/mol. The highest BCUT2D eigenvalue weighted by Gasteiger charge is 2.14. The van der Waals surface area contributed by atoms with Gasteiger partial charge in [-0.2, -0.15) is 0 Å². The average molecular weight is 297 g/mol. The summed E-state index contributed by atoms with van der Waals surface area (Å²) in [4.78, 5) is 11.9. The summed E-state index contributed by atoms with van der Waals surface area (Å²) in [7, 11) is 0. The summed E-state index contributed by atoms with van der Waals surface area (Å²) in [5.41, 5.74) is 0.706. The van der Waals surface area contributed by atoms with Gasteiger partial charge in [0.05, 0.1) is 5.56 Å². The van der Waals surface area contributed by atoms with Crippen LogP contribution in [0.3, 0.4) is 0 Å². The Labute approximate surface area is 110 Å². The monoisotopic (exact) mass is 296 g/mol. The number of nitrogens with one attached hydrogen (secondary N) is 2. The van der Waals surface area contributed by atoms with Crippen molar-refractivity contribution < 1.29 is 4.79 Å². The number of carbonyl (C=O) groups is 1. The normalized spacial score (nSPS) is 19.2. The first-order valence-corrected chi connectivity index (χ1v) is 6.80. The van der Waals surface area contributed by atoms with Crippen LogP contribution < -0.4 is 10.6 Å². The Morgan fingerprint density at radius 3 is 3.00 bits per heavy atom. The Bertz CT molecular complexity index is 389. The number of hydrogen-bond donors (Lipinski definition) is 2. The molecule has 1 saturated heterocycles. The molecule has 0 aromatic heterocycles. The fourth-order valence-corrected chi connectivity index (χ4v) is 2.56. The lowest BCUT2D eigenvalue weighted by atomic mass is 10.1. The maximum absolute atomic E-state index is 11.9. The standard InChI is InChI=1S/C13H17BrN2O/c14-12-4-2-1-3-11(12)13(17)16-8-6-10-5-7-15-9-10/h1-4,10,15H,5-9H2,(H,16,17). The summed E-state index contributed by atoms with van der Waals surface area (Å²) in [5, 5.41) is 6.30. The summed E-state index contributed by atoms with van der Waals surface area (Å²) >= 11 is 3.38. The molecule has 0 aliphatic carbocycles. The highest BCUT2D eigenvalue weighted by atomic mass is 79.9. The van der Waals surface area contributed by atoms with Crippen molar-refractivity contribution in [1.82, 2.24) is 10.6 Å². The van der Waals surface area contributed by atoms with Crippen LogP contribution in [0.1, 0.15) is 23.2 Å². The lowest BCUT2D eigenvalue weighted by Gasteiger charge is -2.10. The molecular formula is C13H17BrN2O. The van der Waals surface area contributed by atoms with Crippen molar-refractivity contribution in [3.63, 3.8) is 0 Å². The molecule has 0 radical (unpaired) electrons. The van der Waals surface area contributed by atoms with Gasteiger partial charge in [-0.1, -0.05) is 12.1 Å². The average Bonchev–Trinajstić information content (AvgIpc) is 2.82. The van der Waals surface area contributed by atoms with E-state index in [2.05, 4.69) is 26.6 Å². The van der Waals surface area contributed by atoms with Gasteiger partial charge in [0.15, 0.2) is 0 Å². The molecule has 2 N–H and O–H groups in total. The summed E-state index contributed by atoms with van der Waals surface area (Å²) in [6.07, 6.45) is 2.29.